The first-order chi connectivity index (χ1) is 9.17. The van der Waals surface area contributed by atoms with E-state index in [9.17, 15) is 10.1 Å². The summed E-state index contributed by atoms with van der Waals surface area (Å²) >= 11 is 3.63. The Kier molecular flexibility index (Phi) is 2.58. The third-order valence-electron chi connectivity index (χ3n) is 4.24. The number of aromatic amines is 1. The third kappa shape index (κ3) is 1.57. The Morgan fingerprint density at radius 3 is 2.50 bits per heavy atom. The molecule has 6 heteroatoms. The van der Waals surface area contributed by atoms with E-state index < -0.39 is 0 Å². The van der Waals surface area contributed by atoms with Crippen LogP contribution in [0.4, 0.5) is 5.69 Å². The molecule has 0 fully saturated rings. The van der Waals surface area contributed by atoms with E-state index in [1.165, 1.54) is 0 Å². The fourth-order valence-corrected chi connectivity index (χ4v) is 4.92. The maximum atomic E-state index is 11.6. The molecule has 0 saturated heterocycles. The Hall–Kier alpha value is -1.43. The van der Waals surface area contributed by atoms with Crippen LogP contribution in [0, 0.1) is 10.1 Å². The normalized spacial score (nSPS) is 19.2. The molecular weight excluding hydrogens is 322 g/mol. The van der Waals surface area contributed by atoms with Gasteiger partial charge in [0.15, 0.2) is 0 Å². The molecule has 0 bridgehead atoms. The average Bonchev–Trinajstić information content (AvgIpc) is 2.80. The molecule has 20 heavy (non-hydrogen) atoms. The lowest BCUT2D eigenvalue weighted by atomic mass is 9.81. The highest BCUT2D eigenvalue weighted by Crippen LogP contribution is 2.57. The van der Waals surface area contributed by atoms with E-state index in [-0.39, 0.29) is 21.4 Å². The Balaban J connectivity index is 2.58. The van der Waals surface area contributed by atoms with Crippen LogP contribution >= 0.6 is 15.9 Å². The van der Waals surface area contributed by atoms with Crippen LogP contribution in [0.2, 0.25) is 0 Å². The molecule has 0 radical (unpaired) electrons. The summed E-state index contributed by atoms with van der Waals surface area (Å²) in [5.74, 6) is 0. The number of hydrogen-bond acceptors (Lipinski definition) is 3. The fraction of sp³-hybridized carbons (Fsp3) is 0.500. The van der Waals surface area contributed by atoms with Crippen LogP contribution in [0.1, 0.15) is 45.2 Å². The molecule has 106 valence electrons. The van der Waals surface area contributed by atoms with Gasteiger partial charge in [-0.15, -0.1) is 0 Å². The Morgan fingerprint density at radius 2 is 1.90 bits per heavy atom. The molecule has 1 N–H and O–H groups in total. The third-order valence-corrected chi connectivity index (χ3v) is 5.03. The van der Waals surface area contributed by atoms with E-state index >= 15 is 0 Å². The molecule has 1 aliphatic carbocycles. The summed E-state index contributed by atoms with van der Waals surface area (Å²) in [7, 11) is 0. The molecule has 1 heterocycles. The topological polar surface area (TPSA) is 71.8 Å². The van der Waals surface area contributed by atoms with E-state index in [1.807, 2.05) is 0 Å². The monoisotopic (exact) mass is 337 g/mol. The summed E-state index contributed by atoms with van der Waals surface area (Å²) in [5.41, 5.74) is 2.44. The number of nitro benzene ring substituents is 1. The second-order valence-corrected chi connectivity index (χ2v) is 7.57. The van der Waals surface area contributed by atoms with Crippen LogP contribution in [0.15, 0.2) is 10.7 Å². The van der Waals surface area contributed by atoms with Gasteiger partial charge in [-0.3, -0.25) is 15.2 Å². The van der Waals surface area contributed by atoms with Gasteiger partial charge >= 0.3 is 0 Å². The fourth-order valence-electron chi connectivity index (χ4n) is 3.89. The van der Waals surface area contributed by atoms with Gasteiger partial charge in [0.1, 0.15) is 0 Å². The van der Waals surface area contributed by atoms with Gasteiger partial charge in [0.25, 0.3) is 5.69 Å². The van der Waals surface area contributed by atoms with E-state index in [2.05, 4.69) is 53.8 Å². The number of rotatable bonds is 1. The molecule has 1 aromatic carbocycles. The number of fused-ring (bicyclic) bond motifs is 2. The molecule has 1 aliphatic rings. The van der Waals surface area contributed by atoms with Crippen molar-refractivity contribution in [3.8, 4) is 0 Å². The van der Waals surface area contributed by atoms with Crippen LogP contribution in [0.25, 0.3) is 10.9 Å². The molecule has 0 amide bonds. The van der Waals surface area contributed by atoms with E-state index in [0.29, 0.717) is 10.9 Å². The number of hydrogen-bond donors (Lipinski definition) is 1. The lowest BCUT2D eigenvalue weighted by molar-refractivity contribution is -0.384. The smallest absolute Gasteiger partial charge is 0.276 e. The Morgan fingerprint density at radius 1 is 1.30 bits per heavy atom. The van der Waals surface area contributed by atoms with Crippen molar-refractivity contribution in [1.29, 1.82) is 0 Å². The lowest BCUT2D eigenvalue weighted by Gasteiger charge is -2.22. The summed E-state index contributed by atoms with van der Waals surface area (Å²) in [4.78, 5) is 11.4. The summed E-state index contributed by atoms with van der Waals surface area (Å²) in [6.45, 7) is 8.42. The predicted molar refractivity (Wildman–Crippen MR) is 81.1 cm³/mol. The standard InChI is InChI=1S/C14H16BrN3O2/c1-13(2)6-14(3,4)9-8(13)10(15)11-7(5-16-17-11)12(9)18(19)20/h5H,6H2,1-4H3,(H,16,17). The molecule has 3 rings (SSSR count). The zero-order valence-corrected chi connectivity index (χ0v) is 13.5. The zero-order chi connectivity index (χ0) is 14.9. The first-order valence-corrected chi connectivity index (χ1v) is 7.30. The maximum absolute atomic E-state index is 11.6. The van der Waals surface area contributed by atoms with E-state index in [1.54, 1.807) is 6.20 Å². The molecule has 0 spiro atoms. The second-order valence-electron chi connectivity index (χ2n) is 6.77. The van der Waals surface area contributed by atoms with Crippen molar-refractivity contribution in [3.63, 3.8) is 0 Å². The minimum absolute atomic E-state index is 0.109. The van der Waals surface area contributed by atoms with Crippen molar-refractivity contribution in [3.05, 3.63) is 31.9 Å². The minimum Gasteiger partial charge on any atom is -0.276 e. The number of nitrogens with one attached hydrogen (secondary N) is 1. The summed E-state index contributed by atoms with van der Waals surface area (Å²) in [5, 5.41) is 19.1. The molecule has 0 atom stereocenters. The van der Waals surface area contributed by atoms with Crippen molar-refractivity contribution in [2.24, 2.45) is 0 Å². The number of nitro groups is 1. The number of benzene rings is 1. The number of aromatic nitrogens is 2. The molecule has 0 aliphatic heterocycles. The summed E-state index contributed by atoms with van der Waals surface area (Å²) in [6.07, 6.45) is 2.43. The van der Waals surface area contributed by atoms with Gasteiger partial charge in [0, 0.05) is 10.0 Å². The van der Waals surface area contributed by atoms with Crippen molar-refractivity contribution in [2.75, 3.05) is 0 Å². The molecule has 1 aromatic heterocycles. The first-order valence-electron chi connectivity index (χ1n) is 6.51. The van der Waals surface area contributed by atoms with Crippen LogP contribution in [-0.4, -0.2) is 15.1 Å². The van der Waals surface area contributed by atoms with Crippen molar-refractivity contribution < 1.29 is 4.92 Å². The molecule has 2 aromatic rings. The van der Waals surface area contributed by atoms with Gasteiger partial charge in [-0.25, -0.2) is 0 Å². The van der Waals surface area contributed by atoms with Gasteiger partial charge in [-0.2, -0.15) is 5.10 Å². The van der Waals surface area contributed by atoms with Crippen LogP contribution in [0.3, 0.4) is 0 Å². The average molecular weight is 338 g/mol. The van der Waals surface area contributed by atoms with E-state index in [4.69, 9.17) is 0 Å². The maximum Gasteiger partial charge on any atom is 0.284 e. The Bertz CT molecular complexity index is 746. The number of H-pyrrole nitrogens is 1. The van der Waals surface area contributed by atoms with Gasteiger partial charge in [0.05, 0.1) is 22.0 Å². The van der Waals surface area contributed by atoms with Gasteiger partial charge < -0.3 is 0 Å². The quantitative estimate of drug-likeness (QED) is 0.626. The highest BCUT2D eigenvalue weighted by Gasteiger charge is 2.48. The number of halogens is 1. The van der Waals surface area contributed by atoms with Crippen LogP contribution in [0.5, 0.6) is 0 Å². The summed E-state index contributed by atoms with van der Waals surface area (Å²) < 4.78 is 0.904. The van der Waals surface area contributed by atoms with Gasteiger partial charge in [0.2, 0.25) is 0 Å². The van der Waals surface area contributed by atoms with Gasteiger partial charge in [-0.05, 0) is 38.7 Å². The second kappa shape index (κ2) is 3.81. The summed E-state index contributed by atoms with van der Waals surface area (Å²) in [6, 6.07) is 0. The molecular formula is C14H16BrN3O2. The van der Waals surface area contributed by atoms with Crippen LogP contribution in [-0.2, 0) is 10.8 Å². The largest absolute Gasteiger partial charge is 0.284 e. The van der Waals surface area contributed by atoms with Crippen molar-refractivity contribution in [2.45, 2.75) is 44.9 Å². The van der Waals surface area contributed by atoms with Crippen molar-refractivity contribution in [1.82, 2.24) is 10.2 Å². The Labute approximate surface area is 125 Å². The highest BCUT2D eigenvalue weighted by molar-refractivity contribution is 9.10. The highest BCUT2D eigenvalue weighted by atomic mass is 79.9. The minimum atomic E-state index is -0.272. The molecule has 0 saturated carbocycles. The first kappa shape index (κ1) is 13.5. The van der Waals surface area contributed by atoms with Gasteiger partial charge in [-0.1, -0.05) is 27.7 Å². The SMILES string of the molecule is CC1(C)CC(C)(C)c2c1c([N+](=O)[O-])c1cn[nH]c1c2Br. The van der Waals surface area contributed by atoms with Crippen molar-refractivity contribution >= 4 is 32.5 Å². The number of nitrogens with zero attached hydrogens (tertiary/aromatic N) is 2. The zero-order valence-electron chi connectivity index (χ0n) is 11.9. The molecule has 0 unspecified atom stereocenters. The lowest BCUT2D eigenvalue weighted by Crippen LogP contribution is -2.18. The van der Waals surface area contributed by atoms with E-state index in [0.717, 1.165) is 22.0 Å². The van der Waals surface area contributed by atoms with Crippen LogP contribution < -0.4 is 0 Å². The predicted octanol–water partition coefficient (Wildman–Crippen LogP) is 4.19. The molecule has 5 nitrogen and oxygen atoms in total.